The van der Waals surface area contributed by atoms with Gasteiger partial charge in [-0.25, -0.2) is 4.72 Å². The van der Waals surface area contributed by atoms with Crippen LogP contribution < -0.4 is 10.0 Å². The van der Waals surface area contributed by atoms with Gasteiger partial charge in [0, 0.05) is 50.9 Å². The van der Waals surface area contributed by atoms with Gasteiger partial charge >= 0.3 is 0 Å². The first-order chi connectivity index (χ1) is 15.2. The van der Waals surface area contributed by atoms with Crippen molar-refractivity contribution in [3.8, 4) is 0 Å². The lowest BCUT2D eigenvalue weighted by molar-refractivity contribution is 0.204. The average molecular weight is 459 g/mol. The molecule has 3 rings (SSSR count). The van der Waals surface area contributed by atoms with Crippen LogP contribution in [0, 0.1) is 5.92 Å². The topological polar surface area (TPSA) is 86.6 Å². The number of aliphatic hydroxyl groups excluding tert-OH is 1. The van der Waals surface area contributed by atoms with Gasteiger partial charge in [-0.1, -0.05) is 50.2 Å². The highest BCUT2D eigenvalue weighted by Crippen LogP contribution is 2.26. The molecule has 0 saturated heterocycles. The molecule has 0 aliphatic rings. The van der Waals surface area contributed by atoms with Gasteiger partial charge < -0.3 is 15.0 Å². The zero-order chi connectivity index (χ0) is 23.3. The number of nitrogens with one attached hydrogen (secondary N) is 2. The Morgan fingerprint density at radius 2 is 1.81 bits per heavy atom. The van der Waals surface area contributed by atoms with E-state index in [9.17, 15) is 13.5 Å². The fraction of sp³-hybridized carbons (Fsp3) is 0.417. The van der Waals surface area contributed by atoms with Gasteiger partial charge in [0.2, 0.25) is 0 Å². The first-order valence-electron chi connectivity index (χ1n) is 10.9. The van der Waals surface area contributed by atoms with Crippen LogP contribution in [0.3, 0.4) is 0 Å². The molecule has 174 valence electrons. The third-order valence-electron chi connectivity index (χ3n) is 5.29. The van der Waals surface area contributed by atoms with Crippen molar-refractivity contribution in [1.82, 2.24) is 13.6 Å². The van der Waals surface area contributed by atoms with Crippen molar-refractivity contribution in [2.75, 3.05) is 26.0 Å². The number of benzene rings is 2. The molecule has 0 radical (unpaired) electrons. The molecule has 32 heavy (non-hydrogen) atoms. The number of hydrogen-bond acceptors (Lipinski definition) is 4. The number of nitrogens with zero attached hydrogens (tertiary/aromatic N) is 2. The summed E-state index contributed by atoms with van der Waals surface area (Å²) in [4.78, 5) is 0. The molecule has 3 aromatic rings. The zero-order valence-corrected chi connectivity index (χ0v) is 20.1. The van der Waals surface area contributed by atoms with Crippen LogP contribution in [0.1, 0.15) is 25.0 Å². The van der Waals surface area contributed by atoms with Crippen molar-refractivity contribution < 1.29 is 13.5 Å². The molecule has 0 fully saturated rings. The summed E-state index contributed by atoms with van der Waals surface area (Å²) >= 11 is 0. The van der Waals surface area contributed by atoms with Crippen LogP contribution in [0.2, 0.25) is 0 Å². The molecule has 0 aliphatic heterocycles. The molecule has 8 heteroatoms. The maximum Gasteiger partial charge on any atom is 0.278 e. The van der Waals surface area contributed by atoms with Crippen LogP contribution in [-0.2, 0) is 29.6 Å². The van der Waals surface area contributed by atoms with Gasteiger partial charge in [-0.2, -0.15) is 12.7 Å². The molecule has 1 unspecified atom stereocenters. The fourth-order valence-electron chi connectivity index (χ4n) is 3.73. The van der Waals surface area contributed by atoms with Crippen molar-refractivity contribution in [2.45, 2.75) is 39.5 Å². The predicted molar refractivity (Wildman–Crippen MR) is 131 cm³/mol. The fourth-order valence-corrected chi connectivity index (χ4v) is 4.34. The number of aromatic nitrogens is 1. The lowest BCUT2D eigenvalue weighted by atomic mass is 10.1. The number of aliphatic hydroxyl groups is 1. The molecule has 7 nitrogen and oxygen atoms in total. The van der Waals surface area contributed by atoms with Gasteiger partial charge in [-0.3, -0.25) is 0 Å². The van der Waals surface area contributed by atoms with E-state index >= 15 is 0 Å². The lowest BCUT2D eigenvalue weighted by Gasteiger charge is -2.15. The van der Waals surface area contributed by atoms with Gasteiger partial charge in [0.15, 0.2) is 0 Å². The van der Waals surface area contributed by atoms with Gasteiger partial charge in [0.05, 0.1) is 5.52 Å². The molecule has 2 aromatic carbocycles. The summed E-state index contributed by atoms with van der Waals surface area (Å²) in [5.74, 6) is 0.464. The van der Waals surface area contributed by atoms with Crippen LogP contribution in [0.5, 0.6) is 0 Å². The first-order valence-corrected chi connectivity index (χ1v) is 12.4. The highest BCUT2D eigenvalue weighted by molar-refractivity contribution is 7.87. The van der Waals surface area contributed by atoms with Crippen LogP contribution in [0.15, 0.2) is 54.7 Å². The van der Waals surface area contributed by atoms with Crippen LogP contribution >= 0.6 is 0 Å². The van der Waals surface area contributed by atoms with E-state index in [0.29, 0.717) is 25.3 Å². The summed E-state index contributed by atoms with van der Waals surface area (Å²) in [6.07, 6.45) is 2.53. The largest absolute Gasteiger partial charge is 0.373 e. The van der Waals surface area contributed by atoms with Crippen LogP contribution in [-0.4, -0.2) is 49.3 Å². The van der Waals surface area contributed by atoms with Gasteiger partial charge in [0.25, 0.3) is 10.2 Å². The Hall–Kier alpha value is -2.39. The second kappa shape index (κ2) is 10.5. The minimum Gasteiger partial charge on any atom is -0.373 e. The van der Waals surface area contributed by atoms with Crippen molar-refractivity contribution >= 4 is 26.8 Å². The highest BCUT2D eigenvalue weighted by Gasteiger charge is 2.15. The van der Waals surface area contributed by atoms with Gasteiger partial charge in [-0.05, 0) is 35.6 Å². The number of fused-ring (bicyclic) bond motifs is 1. The monoisotopic (exact) mass is 458 g/mol. The number of anilines is 1. The molecule has 1 aromatic heterocycles. The Bertz CT molecular complexity index is 1120. The summed E-state index contributed by atoms with van der Waals surface area (Å²) in [5.41, 5.74) is 4.09. The molecule has 0 spiro atoms. The molecule has 0 amide bonds. The predicted octanol–water partition coefficient (Wildman–Crippen LogP) is 3.21. The van der Waals surface area contributed by atoms with E-state index in [2.05, 4.69) is 40.7 Å². The third-order valence-corrected chi connectivity index (χ3v) is 6.82. The van der Waals surface area contributed by atoms with Crippen molar-refractivity contribution in [2.24, 2.45) is 5.92 Å². The number of rotatable bonds is 11. The summed E-state index contributed by atoms with van der Waals surface area (Å²) in [6.45, 7) is 5.53. The number of hydrogen-bond donors (Lipinski definition) is 3. The lowest BCUT2D eigenvalue weighted by Crippen LogP contribution is -2.36. The Kier molecular flexibility index (Phi) is 7.95. The summed E-state index contributed by atoms with van der Waals surface area (Å²) in [6, 6.07) is 15.9. The zero-order valence-electron chi connectivity index (χ0n) is 19.2. The van der Waals surface area contributed by atoms with E-state index in [1.165, 1.54) is 18.4 Å². The second-order valence-corrected chi connectivity index (χ2v) is 10.7. The van der Waals surface area contributed by atoms with Crippen molar-refractivity contribution in [1.29, 1.82) is 0 Å². The Morgan fingerprint density at radius 3 is 2.47 bits per heavy atom. The average Bonchev–Trinajstić information content (AvgIpc) is 3.04. The third kappa shape index (κ3) is 6.32. The molecule has 1 heterocycles. The first kappa shape index (κ1) is 24.3. The minimum atomic E-state index is -3.44. The Balaban J connectivity index is 1.78. The van der Waals surface area contributed by atoms with Crippen LogP contribution in [0.4, 0.5) is 5.69 Å². The Labute approximate surface area is 191 Å². The van der Waals surface area contributed by atoms with Crippen molar-refractivity contribution in [3.63, 3.8) is 0 Å². The quantitative estimate of drug-likeness (QED) is 0.385. The van der Waals surface area contributed by atoms with E-state index in [4.69, 9.17) is 0 Å². The normalized spacial score (nSPS) is 13.2. The summed E-state index contributed by atoms with van der Waals surface area (Å²) in [7, 11) is -0.418. The molecule has 0 saturated carbocycles. The van der Waals surface area contributed by atoms with E-state index in [0.717, 1.165) is 34.3 Å². The SMILES string of the molecule is CC(C)Cn1cc(CCNS(=O)(=O)N(C)C)c2ccc(NC(O)Cc3ccccc3)cc21. The van der Waals surface area contributed by atoms with E-state index < -0.39 is 16.4 Å². The molecule has 1 atom stereocenters. The van der Waals surface area contributed by atoms with Gasteiger partial charge in [0.1, 0.15) is 6.23 Å². The smallest absolute Gasteiger partial charge is 0.278 e. The maximum atomic E-state index is 12.0. The van der Waals surface area contributed by atoms with Crippen molar-refractivity contribution in [3.05, 3.63) is 65.9 Å². The molecular formula is C24H34N4O3S. The molecule has 0 bridgehead atoms. The summed E-state index contributed by atoms with van der Waals surface area (Å²) < 4.78 is 30.0. The van der Waals surface area contributed by atoms with Gasteiger partial charge in [-0.15, -0.1) is 0 Å². The Morgan fingerprint density at radius 1 is 1.09 bits per heavy atom. The molecule has 0 aliphatic carbocycles. The minimum absolute atomic E-state index is 0.330. The standard InChI is InChI=1S/C24H34N4O3S/c1-18(2)16-28-17-20(12-13-25-32(30,31)27(3)4)22-11-10-21(15-23(22)28)26-24(29)14-19-8-6-5-7-9-19/h5-11,15,17-18,24-26,29H,12-14,16H2,1-4H3. The molecular weight excluding hydrogens is 424 g/mol. The van der Waals surface area contributed by atoms with Crippen LogP contribution in [0.25, 0.3) is 10.9 Å². The molecule has 3 N–H and O–H groups in total. The summed E-state index contributed by atoms with van der Waals surface area (Å²) in [5, 5.41) is 14.8. The van der Waals surface area contributed by atoms with E-state index in [1.54, 1.807) is 0 Å². The van der Waals surface area contributed by atoms with E-state index in [-0.39, 0.29) is 0 Å². The highest BCUT2D eigenvalue weighted by atomic mass is 32.2. The van der Waals surface area contributed by atoms with E-state index in [1.807, 2.05) is 42.5 Å². The maximum absolute atomic E-state index is 12.0. The second-order valence-electron chi connectivity index (χ2n) is 8.71.